The first-order valence-corrected chi connectivity index (χ1v) is 9.13. The minimum Gasteiger partial charge on any atom is -0.494 e. The molecule has 142 valence electrons. The summed E-state index contributed by atoms with van der Waals surface area (Å²) < 4.78 is 35.8. The summed E-state index contributed by atoms with van der Waals surface area (Å²) in [6, 6.07) is 13.2. The van der Waals surface area contributed by atoms with Crippen molar-refractivity contribution in [3.05, 3.63) is 76.9 Å². The SMILES string of the molecule is CCOc1cc(F)c(Cn2nc(-c3cc(Cl)ccn3)c3ccccc32)c(F)c1. The molecule has 0 N–H and O–H groups in total. The van der Waals surface area contributed by atoms with Gasteiger partial charge in [-0.1, -0.05) is 29.8 Å². The Bertz CT molecular complexity index is 1140. The summed E-state index contributed by atoms with van der Waals surface area (Å²) in [5, 5.41) is 5.93. The van der Waals surface area contributed by atoms with Crippen LogP contribution in [0.2, 0.25) is 5.02 Å². The van der Waals surface area contributed by atoms with E-state index in [2.05, 4.69) is 10.1 Å². The van der Waals surface area contributed by atoms with Gasteiger partial charge in [-0.2, -0.15) is 5.10 Å². The Hall–Kier alpha value is -2.99. The zero-order valence-corrected chi connectivity index (χ0v) is 15.8. The van der Waals surface area contributed by atoms with Crippen LogP contribution in [0.1, 0.15) is 12.5 Å². The Balaban J connectivity index is 1.81. The van der Waals surface area contributed by atoms with Gasteiger partial charge in [-0.3, -0.25) is 9.67 Å². The van der Waals surface area contributed by atoms with Crippen LogP contribution in [0, 0.1) is 11.6 Å². The van der Waals surface area contributed by atoms with Crippen LogP contribution in [-0.2, 0) is 6.54 Å². The normalized spacial score (nSPS) is 11.1. The summed E-state index contributed by atoms with van der Waals surface area (Å²) in [6.45, 7) is 2.02. The molecule has 0 bridgehead atoms. The van der Waals surface area contributed by atoms with Crippen LogP contribution in [0.5, 0.6) is 5.75 Å². The Kier molecular flexibility index (Phi) is 4.96. The van der Waals surface area contributed by atoms with Crippen molar-refractivity contribution in [2.45, 2.75) is 13.5 Å². The van der Waals surface area contributed by atoms with Gasteiger partial charge >= 0.3 is 0 Å². The van der Waals surface area contributed by atoms with E-state index in [4.69, 9.17) is 16.3 Å². The van der Waals surface area contributed by atoms with Crippen molar-refractivity contribution in [1.29, 1.82) is 0 Å². The second kappa shape index (κ2) is 7.56. The number of hydrogen-bond acceptors (Lipinski definition) is 3. The third-order valence-corrected chi connectivity index (χ3v) is 4.59. The quantitative estimate of drug-likeness (QED) is 0.446. The summed E-state index contributed by atoms with van der Waals surface area (Å²) in [6.07, 6.45) is 1.59. The van der Waals surface area contributed by atoms with Crippen molar-refractivity contribution >= 4 is 22.5 Å². The average molecular weight is 400 g/mol. The van der Waals surface area contributed by atoms with Crippen LogP contribution in [0.15, 0.2) is 54.7 Å². The minimum atomic E-state index is -0.675. The summed E-state index contributed by atoms with van der Waals surface area (Å²) in [5.74, 6) is -1.19. The van der Waals surface area contributed by atoms with E-state index in [0.29, 0.717) is 23.0 Å². The van der Waals surface area contributed by atoms with Gasteiger partial charge in [-0.25, -0.2) is 8.78 Å². The molecule has 4 aromatic rings. The Morgan fingerprint density at radius 3 is 2.54 bits per heavy atom. The number of pyridine rings is 1. The number of nitrogens with zero attached hydrogens (tertiary/aromatic N) is 3. The lowest BCUT2D eigenvalue weighted by Crippen LogP contribution is -2.07. The van der Waals surface area contributed by atoms with Crippen molar-refractivity contribution in [2.75, 3.05) is 6.61 Å². The lowest BCUT2D eigenvalue weighted by molar-refractivity contribution is 0.335. The largest absolute Gasteiger partial charge is 0.494 e. The molecule has 0 saturated heterocycles. The molecular formula is C21H16ClF2N3O. The van der Waals surface area contributed by atoms with Gasteiger partial charge < -0.3 is 4.74 Å². The van der Waals surface area contributed by atoms with Crippen LogP contribution in [0.25, 0.3) is 22.3 Å². The van der Waals surface area contributed by atoms with Crippen molar-refractivity contribution in [2.24, 2.45) is 0 Å². The van der Waals surface area contributed by atoms with E-state index in [-0.39, 0.29) is 17.9 Å². The van der Waals surface area contributed by atoms with E-state index in [1.807, 2.05) is 24.3 Å². The first-order chi connectivity index (χ1) is 13.6. The maximum atomic E-state index is 14.5. The molecule has 0 spiro atoms. The van der Waals surface area contributed by atoms with E-state index in [1.54, 1.807) is 29.9 Å². The number of fused-ring (bicyclic) bond motifs is 1. The number of halogens is 3. The number of rotatable bonds is 5. The maximum Gasteiger partial charge on any atom is 0.134 e. The Morgan fingerprint density at radius 2 is 1.82 bits per heavy atom. The lowest BCUT2D eigenvalue weighted by Gasteiger charge is -2.09. The molecule has 2 heterocycles. The molecule has 0 aliphatic carbocycles. The van der Waals surface area contributed by atoms with Gasteiger partial charge in [0.25, 0.3) is 0 Å². The zero-order chi connectivity index (χ0) is 19.7. The van der Waals surface area contributed by atoms with Gasteiger partial charge in [-0.15, -0.1) is 0 Å². The number of aromatic nitrogens is 3. The van der Waals surface area contributed by atoms with E-state index < -0.39 is 11.6 Å². The summed E-state index contributed by atoms with van der Waals surface area (Å²) in [5.41, 5.74) is 1.86. The third-order valence-electron chi connectivity index (χ3n) is 4.36. The predicted molar refractivity (Wildman–Crippen MR) is 105 cm³/mol. The first-order valence-electron chi connectivity index (χ1n) is 8.75. The van der Waals surface area contributed by atoms with E-state index in [0.717, 1.165) is 10.9 Å². The molecule has 0 atom stereocenters. The van der Waals surface area contributed by atoms with Crippen LogP contribution >= 0.6 is 11.6 Å². The highest BCUT2D eigenvalue weighted by Gasteiger charge is 2.17. The molecule has 0 radical (unpaired) electrons. The summed E-state index contributed by atoms with van der Waals surface area (Å²) in [7, 11) is 0. The lowest BCUT2D eigenvalue weighted by atomic mass is 10.1. The molecule has 4 rings (SSSR count). The van der Waals surface area contributed by atoms with E-state index >= 15 is 0 Å². The highest BCUT2D eigenvalue weighted by Crippen LogP contribution is 2.29. The van der Waals surface area contributed by atoms with Crippen LogP contribution in [0.4, 0.5) is 8.78 Å². The molecule has 0 aliphatic heterocycles. The molecule has 28 heavy (non-hydrogen) atoms. The fourth-order valence-electron chi connectivity index (χ4n) is 3.10. The second-order valence-corrected chi connectivity index (χ2v) is 6.62. The smallest absolute Gasteiger partial charge is 0.134 e. The van der Waals surface area contributed by atoms with E-state index in [1.165, 1.54) is 12.1 Å². The molecule has 0 aliphatic rings. The molecule has 0 amide bonds. The van der Waals surface area contributed by atoms with Crippen LogP contribution in [-0.4, -0.2) is 21.4 Å². The van der Waals surface area contributed by atoms with Gasteiger partial charge in [0.2, 0.25) is 0 Å². The van der Waals surface area contributed by atoms with Gasteiger partial charge in [-0.05, 0) is 25.1 Å². The molecule has 4 nitrogen and oxygen atoms in total. The van der Waals surface area contributed by atoms with E-state index in [9.17, 15) is 8.78 Å². The minimum absolute atomic E-state index is 0.0643. The van der Waals surface area contributed by atoms with Gasteiger partial charge in [0.05, 0.1) is 24.4 Å². The van der Waals surface area contributed by atoms with Gasteiger partial charge in [0.1, 0.15) is 23.1 Å². The highest BCUT2D eigenvalue weighted by molar-refractivity contribution is 6.30. The van der Waals surface area contributed by atoms with Crippen molar-refractivity contribution in [3.63, 3.8) is 0 Å². The van der Waals surface area contributed by atoms with Crippen molar-refractivity contribution in [1.82, 2.24) is 14.8 Å². The van der Waals surface area contributed by atoms with Crippen molar-refractivity contribution < 1.29 is 13.5 Å². The fraction of sp³-hybridized carbons (Fsp3) is 0.143. The Labute approximate surface area is 165 Å². The van der Waals surface area contributed by atoms with Gasteiger partial charge in [0.15, 0.2) is 0 Å². The highest BCUT2D eigenvalue weighted by atomic mass is 35.5. The molecule has 0 saturated carbocycles. The summed E-state index contributed by atoms with van der Waals surface area (Å²) in [4.78, 5) is 4.32. The molecular weight excluding hydrogens is 384 g/mol. The average Bonchev–Trinajstić information content (AvgIpc) is 3.04. The first kappa shape index (κ1) is 18.4. The molecule has 0 unspecified atom stereocenters. The van der Waals surface area contributed by atoms with Crippen molar-refractivity contribution in [3.8, 4) is 17.1 Å². The monoisotopic (exact) mass is 399 g/mol. The molecule has 2 aromatic heterocycles. The summed E-state index contributed by atoms with van der Waals surface area (Å²) >= 11 is 6.08. The standard InChI is InChI=1S/C21H16ClF2N3O/c1-2-28-14-10-17(23)16(18(24)11-14)12-27-20-6-4-3-5-15(20)21(26-27)19-9-13(22)7-8-25-19/h3-11H,2,12H2,1H3. The third kappa shape index (κ3) is 3.43. The van der Waals surface area contributed by atoms with Crippen LogP contribution < -0.4 is 4.74 Å². The molecule has 0 fully saturated rings. The second-order valence-electron chi connectivity index (χ2n) is 6.18. The maximum absolute atomic E-state index is 14.5. The number of para-hydroxylation sites is 1. The van der Waals surface area contributed by atoms with Crippen LogP contribution in [0.3, 0.4) is 0 Å². The predicted octanol–water partition coefficient (Wildman–Crippen LogP) is 5.48. The molecule has 7 heteroatoms. The van der Waals surface area contributed by atoms with Gasteiger partial charge in [0, 0.05) is 34.3 Å². The number of ether oxygens (including phenoxy) is 1. The topological polar surface area (TPSA) is 39.9 Å². The number of hydrogen-bond donors (Lipinski definition) is 0. The fourth-order valence-corrected chi connectivity index (χ4v) is 3.26. The molecule has 2 aromatic carbocycles. The Morgan fingerprint density at radius 1 is 1.07 bits per heavy atom. The zero-order valence-electron chi connectivity index (χ0n) is 15.0. The number of benzene rings is 2.